The highest BCUT2D eigenvalue weighted by molar-refractivity contribution is 5.75. The average molecular weight is 298 g/mol. The van der Waals surface area contributed by atoms with Crippen LogP contribution in [0.2, 0.25) is 0 Å². The molecule has 8 heteroatoms. The normalized spacial score (nSPS) is 11.4. The molecule has 118 valence electrons. The summed E-state index contributed by atoms with van der Waals surface area (Å²) in [4.78, 5) is 22.2. The van der Waals surface area contributed by atoms with Crippen LogP contribution in [0.15, 0.2) is 0 Å². The molecule has 0 aromatic carbocycles. The summed E-state index contributed by atoms with van der Waals surface area (Å²) in [6.45, 7) is 7.59. The zero-order valence-corrected chi connectivity index (χ0v) is 12.8. The SMILES string of the molecule is CCn1nc(C)c([N+](=O)[O-])c1NCC(CC)(CC)C(=O)O. The third-order valence-corrected chi connectivity index (χ3v) is 3.98. The zero-order valence-electron chi connectivity index (χ0n) is 12.8. The summed E-state index contributed by atoms with van der Waals surface area (Å²) in [6, 6.07) is 0. The Balaban J connectivity index is 3.13. The maximum Gasteiger partial charge on any atom is 0.333 e. The molecule has 0 bridgehead atoms. The van der Waals surface area contributed by atoms with Gasteiger partial charge in [-0.05, 0) is 26.7 Å². The van der Waals surface area contributed by atoms with Crippen LogP contribution >= 0.6 is 0 Å². The average Bonchev–Trinajstić information content (AvgIpc) is 2.76. The third-order valence-electron chi connectivity index (χ3n) is 3.98. The van der Waals surface area contributed by atoms with E-state index in [4.69, 9.17) is 0 Å². The van der Waals surface area contributed by atoms with E-state index in [-0.39, 0.29) is 18.1 Å². The Kier molecular flexibility index (Phi) is 5.28. The molecule has 0 saturated carbocycles. The summed E-state index contributed by atoms with van der Waals surface area (Å²) in [7, 11) is 0. The predicted octanol–water partition coefficient (Wildman–Crippen LogP) is 2.42. The molecule has 0 unspecified atom stereocenters. The molecule has 0 aliphatic carbocycles. The Morgan fingerprint density at radius 1 is 1.43 bits per heavy atom. The molecule has 0 aliphatic rings. The van der Waals surface area contributed by atoms with E-state index in [9.17, 15) is 20.0 Å². The molecule has 8 nitrogen and oxygen atoms in total. The van der Waals surface area contributed by atoms with Crippen molar-refractivity contribution in [2.24, 2.45) is 5.41 Å². The second-order valence-electron chi connectivity index (χ2n) is 5.00. The van der Waals surface area contributed by atoms with Gasteiger partial charge in [-0.2, -0.15) is 5.10 Å². The number of carboxylic acid groups (broad SMARTS) is 1. The van der Waals surface area contributed by atoms with Crippen molar-refractivity contribution in [1.82, 2.24) is 9.78 Å². The molecule has 0 radical (unpaired) electrons. The van der Waals surface area contributed by atoms with Crippen molar-refractivity contribution in [3.8, 4) is 0 Å². The van der Waals surface area contributed by atoms with Crippen LogP contribution in [0.3, 0.4) is 0 Å². The molecule has 21 heavy (non-hydrogen) atoms. The van der Waals surface area contributed by atoms with E-state index in [1.165, 1.54) is 4.68 Å². The van der Waals surface area contributed by atoms with Crippen LogP contribution in [-0.4, -0.2) is 32.3 Å². The zero-order chi connectivity index (χ0) is 16.2. The highest BCUT2D eigenvalue weighted by atomic mass is 16.6. The number of hydrogen-bond donors (Lipinski definition) is 2. The second-order valence-corrected chi connectivity index (χ2v) is 5.00. The van der Waals surface area contributed by atoms with Crippen molar-refractivity contribution in [2.75, 3.05) is 11.9 Å². The smallest absolute Gasteiger partial charge is 0.333 e. The summed E-state index contributed by atoms with van der Waals surface area (Å²) in [5.74, 6) is -0.630. The van der Waals surface area contributed by atoms with E-state index in [1.807, 2.05) is 6.92 Å². The van der Waals surface area contributed by atoms with Crippen LogP contribution in [0.25, 0.3) is 0 Å². The molecule has 1 aromatic heterocycles. The fraction of sp³-hybridized carbons (Fsp3) is 0.692. The first kappa shape index (κ1) is 16.9. The number of aromatic nitrogens is 2. The van der Waals surface area contributed by atoms with E-state index < -0.39 is 16.3 Å². The van der Waals surface area contributed by atoms with Gasteiger partial charge in [-0.1, -0.05) is 13.8 Å². The Morgan fingerprint density at radius 3 is 2.38 bits per heavy atom. The number of anilines is 1. The monoisotopic (exact) mass is 298 g/mol. The van der Waals surface area contributed by atoms with Crippen LogP contribution in [-0.2, 0) is 11.3 Å². The molecule has 1 heterocycles. The largest absolute Gasteiger partial charge is 0.481 e. The van der Waals surface area contributed by atoms with Gasteiger partial charge in [0.25, 0.3) is 0 Å². The minimum absolute atomic E-state index is 0.0941. The number of nitrogens with one attached hydrogen (secondary N) is 1. The molecule has 0 atom stereocenters. The molecule has 1 aromatic rings. The Bertz CT molecular complexity index is 535. The van der Waals surface area contributed by atoms with Crippen molar-refractivity contribution in [3.05, 3.63) is 15.8 Å². The first-order valence-corrected chi connectivity index (χ1v) is 7.02. The van der Waals surface area contributed by atoms with Gasteiger partial charge in [-0.15, -0.1) is 0 Å². The van der Waals surface area contributed by atoms with Gasteiger partial charge in [0.15, 0.2) is 0 Å². The van der Waals surface area contributed by atoms with Gasteiger partial charge >= 0.3 is 11.7 Å². The lowest BCUT2D eigenvalue weighted by atomic mass is 9.82. The van der Waals surface area contributed by atoms with Gasteiger partial charge in [-0.3, -0.25) is 14.9 Å². The van der Waals surface area contributed by atoms with Crippen LogP contribution in [0.1, 0.15) is 39.3 Å². The van der Waals surface area contributed by atoms with E-state index >= 15 is 0 Å². The third kappa shape index (κ3) is 3.14. The van der Waals surface area contributed by atoms with Crippen LogP contribution in [0, 0.1) is 22.5 Å². The number of aryl methyl sites for hydroxylation is 2. The van der Waals surface area contributed by atoms with Crippen LogP contribution in [0.4, 0.5) is 11.5 Å². The first-order chi connectivity index (χ1) is 9.82. The number of nitrogens with zero attached hydrogens (tertiary/aromatic N) is 3. The number of carbonyl (C=O) groups is 1. The quantitative estimate of drug-likeness (QED) is 0.563. The Labute approximate surface area is 123 Å². The minimum Gasteiger partial charge on any atom is -0.481 e. The van der Waals surface area contributed by atoms with Crippen molar-refractivity contribution in [1.29, 1.82) is 0 Å². The molecular weight excluding hydrogens is 276 g/mol. The highest BCUT2D eigenvalue weighted by Crippen LogP contribution is 2.32. The van der Waals surface area contributed by atoms with Crippen LogP contribution in [0.5, 0.6) is 0 Å². The molecular formula is C13H22N4O4. The lowest BCUT2D eigenvalue weighted by molar-refractivity contribution is -0.384. The second kappa shape index (κ2) is 6.55. The molecule has 0 amide bonds. The minimum atomic E-state index is -0.940. The molecule has 0 spiro atoms. The van der Waals surface area contributed by atoms with Crippen molar-refractivity contribution < 1.29 is 14.8 Å². The van der Waals surface area contributed by atoms with E-state index in [1.54, 1.807) is 20.8 Å². The highest BCUT2D eigenvalue weighted by Gasteiger charge is 2.36. The summed E-state index contributed by atoms with van der Waals surface area (Å²) >= 11 is 0. The molecule has 0 aliphatic heterocycles. The molecule has 0 saturated heterocycles. The summed E-state index contributed by atoms with van der Waals surface area (Å²) < 4.78 is 1.49. The molecule has 1 rings (SSSR count). The predicted molar refractivity (Wildman–Crippen MR) is 78.4 cm³/mol. The summed E-state index contributed by atoms with van der Waals surface area (Å²) in [6.07, 6.45) is 0.887. The fourth-order valence-electron chi connectivity index (χ4n) is 2.33. The van der Waals surface area contributed by atoms with Gasteiger partial charge in [0, 0.05) is 13.1 Å². The lowest BCUT2D eigenvalue weighted by Crippen LogP contribution is -2.37. The number of carboxylic acids is 1. The van der Waals surface area contributed by atoms with Crippen LogP contribution < -0.4 is 5.32 Å². The van der Waals surface area contributed by atoms with Crippen molar-refractivity contribution in [3.63, 3.8) is 0 Å². The lowest BCUT2D eigenvalue weighted by Gasteiger charge is -2.27. The van der Waals surface area contributed by atoms with Crippen molar-refractivity contribution >= 4 is 17.5 Å². The molecule has 2 N–H and O–H groups in total. The standard InChI is InChI=1S/C13H22N4O4/c1-5-13(6-2,12(18)19)8-14-11-10(17(20)21)9(4)15-16(11)7-3/h14H,5-8H2,1-4H3,(H,18,19). The number of aliphatic carboxylic acids is 1. The summed E-state index contributed by atoms with van der Waals surface area (Å²) in [5.41, 5.74) is -0.716. The molecule has 0 fully saturated rings. The number of nitro groups is 1. The topological polar surface area (TPSA) is 110 Å². The maximum absolute atomic E-state index is 11.5. The number of hydrogen-bond acceptors (Lipinski definition) is 5. The van der Waals surface area contributed by atoms with Crippen molar-refractivity contribution in [2.45, 2.75) is 47.1 Å². The summed E-state index contributed by atoms with van der Waals surface area (Å²) in [5, 5.41) is 27.6. The van der Waals surface area contributed by atoms with E-state index in [2.05, 4.69) is 10.4 Å². The van der Waals surface area contributed by atoms with E-state index in [0.717, 1.165) is 0 Å². The Morgan fingerprint density at radius 2 is 2.00 bits per heavy atom. The fourth-order valence-corrected chi connectivity index (χ4v) is 2.33. The van der Waals surface area contributed by atoms with Gasteiger partial charge < -0.3 is 10.4 Å². The number of rotatable bonds is 8. The van der Waals surface area contributed by atoms with Gasteiger partial charge in [-0.25, -0.2) is 4.68 Å². The van der Waals surface area contributed by atoms with Gasteiger partial charge in [0.2, 0.25) is 5.82 Å². The van der Waals surface area contributed by atoms with Gasteiger partial charge in [0.05, 0.1) is 10.3 Å². The van der Waals surface area contributed by atoms with Gasteiger partial charge in [0.1, 0.15) is 5.69 Å². The maximum atomic E-state index is 11.5. The van der Waals surface area contributed by atoms with E-state index in [0.29, 0.717) is 25.1 Å². The first-order valence-electron chi connectivity index (χ1n) is 7.02. The Hall–Kier alpha value is -2.12.